The Bertz CT molecular complexity index is 751. The van der Waals surface area contributed by atoms with Gasteiger partial charge in [0.2, 0.25) is 0 Å². The van der Waals surface area contributed by atoms with E-state index in [1.165, 1.54) is 0 Å². The first kappa shape index (κ1) is 15.4. The summed E-state index contributed by atoms with van der Waals surface area (Å²) in [6.45, 7) is 6.64. The lowest BCUT2D eigenvalue weighted by Gasteiger charge is -2.16. The Morgan fingerprint density at radius 3 is 2.87 bits per heavy atom. The van der Waals surface area contributed by atoms with Crippen LogP contribution < -0.4 is 15.4 Å². The van der Waals surface area contributed by atoms with E-state index in [0.29, 0.717) is 6.61 Å². The Morgan fingerprint density at radius 1 is 1.39 bits per heavy atom. The molecule has 122 valence electrons. The molecule has 1 aliphatic rings. The van der Waals surface area contributed by atoms with Gasteiger partial charge in [0, 0.05) is 30.4 Å². The van der Waals surface area contributed by atoms with E-state index in [2.05, 4.69) is 15.7 Å². The van der Waals surface area contributed by atoms with Gasteiger partial charge in [-0.3, -0.25) is 4.68 Å². The van der Waals surface area contributed by atoms with Crippen molar-refractivity contribution in [2.24, 2.45) is 7.05 Å². The molecule has 0 saturated carbocycles. The average molecular weight is 314 g/mol. The smallest absolute Gasteiger partial charge is 0.319 e. The first-order valence-electron chi connectivity index (χ1n) is 7.79. The van der Waals surface area contributed by atoms with Crippen LogP contribution in [0, 0.1) is 13.8 Å². The number of anilines is 1. The van der Waals surface area contributed by atoms with Crippen molar-refractivity contribution in [3.05, 3.63) is 40.7 Å². The summed E-state index contributed by atoms with van der Waals surface area (Å²) in [6.07, 6.45) is 0.886. The van der Waals surface area contributed by atoms with E-state index >= 15 is 0 Å². The predicted molar refractivity (Wildman–Crippen MR) is 88.9 cm³/mol. The molecular weight excluding hydrogens is 292 g/mol. The second-order valence-electron chi connectivity index (χ2n) is 5.95. The van der Waals surface area contributed by atoms with Crippen LogP contribution in [-0.4, -0.2) is 22.4 Å². The van der Waals surface area contributed by atoms with Crippen molar-refractivity contribution in [2.45, 2.75) is 33.2 Å². The van der Waals surface area contributed by atoms with Crippen LogP contribution >= 0.6 is 0 Å². The number of fused-ring (bicyclic) bond motifs is 1. The van der Waals surface area contributed by atoms with E-state index in [-0.39, 0.29) is 12.1 Å². The fraction of sp³-hybridized carbons (Fsp3) is 0.412. The molecule has 2 N–H and O–H groups in total. The van der Waals surface area contributed by atoms with Crippen LogP contribution in [0.2, 0.25) is 0 Å². The average Bonchev–Trinajstić information content (AvgIpc) is 3.03. The molecule has 23 heavy (non-hydrogen) atoms. The lowest BCUT2D eigenvalue weighted by atomic mass is 10.1. The summed E-state index contributed by atoms with van der Waals surface area (Å²) < 4.78 is 7.31. The summed E-state index contributed by atoms with van der Waals surface area (Å²) >= 11 is 0. The molecule has 0 aliphatic carbocycles. The molecule has 6 nitrogen and oxygen atoms in total. The van der Waals surface area contributed by atoms with Gasteiger partial charge >= 0.3 is 6.03 Å². The zero-order valence-electron chi connectivity index (χ0n) is 13.9. The van der Waals surface area contributed by atoms with Crippen molar-refractivity contribution in [3.63, 3.8) is 0 Å². The standard InChI is InChI=1S/C17H22N4O2/c1-10(16-11(2)20-21(4)12(16)3)18-17(22)19-14-5-6-15-13(9-14)7-8-23-15/h5-6,9-10H,7-8H2,1-4H3,(H2,18,19,22)/t10-/m0/s1. The molecule has 2 aromatic rings. The topological polar surface area (TPSA) is 68.2 Å². The quantitative estimate of drug-likeness (QED) is 0.915. The number of nitrogens with one attached hydrogen (secondary N) is 2. The van der Waals surface area contributed by atoms with Gasteiger partial charge in [0.1, 0.15) is 5.75 Å². The Kier molecular flexibility index (Phi) is 3.98. The number of aryl methyl sites for hydroxylation is 2. The maximum Gasteiger partial charge on any atom is 0.319 e. The molecule has 0 radical (unpaired) electrons. The summed E-state index contributed by atoms with van der Waals surface area (Å²) in [4.78, 5) is 12.2. The normalized spacial score (nSPS) is 14.1. The highest BCUT2D eigenvalue weighted by atomic mass is 16.5. The number of carbonyl (C=O) groups excluding carboxylic acids is 1. The molecule has 0 fully saturated rings. The molecule has 0 unspecified atom stereocenters. The van der Waals surface area contributed by atoms with Gasteiger partial charge in [-0.2, -0.15) is 5.10 Å². The number of hydrogen-bond donors (Lipinski definition) is 2. The minimum Gasteiger partial charge on any atom is -0.493 e. The first-order chi connectivity index (χ1) is 11.0. The van der Waals surface area contributed by atoms with Gasteiger partial charge in [-0.05, 0) is 44.5 Å². The molecule has 1 aromatic carbocycles. The molecule has 2 heterocycles. The largest absolute Gasteiger partial charge is 0.493 e. The van der Waals surface area contributed by atoms with Gasteiger partial charge in [-0.25, -0.2) is 4.79 Å². The second kappa shape index (κ2) is 5.95. The van der Waals surface area contributed by atoms with Crippen LogP contribution in [0.3, 0.4) is 0 Å². The van der Waals surface area contributed by atoms with Gasteiger partial charge < -0.3 is 15.4 Å². The van der Waals surface area contributed by atoms with E-state index in [0.717, 1.165) is 40.4 Å². The van der Waals surface area contributed by atoms with Gasteiger partial charge in [-0.1, -0.05) is 0 Å². The monoisotopic (exact) mass is 314 g/mol. The Morgan fingerprint density at radius 2 is 2.17 bits per heavy atom. The summed E-state index contributed by atoms with van der Waals surface area (Å²) in [6, 6.07) is 5.39. The van der Waals surface area contributed by atoms with Crippen molar-refractivity contribution in [1.29, 1.82) is 0 Å². The van der Waals surface area contributed by atoms with E-state index < -0.39 is 0 Å². The minimum absolute atomic E-state index is 0.110. The van der Waals surface area contributed by atoms with Crippen molar-refractivity contribution in [2.75, 3.05) is 11.9 Å². The third-order valence-electron chi connectivity index (χ3n) is 4.29. The van der Waals surface area contributed by atoms with Crippen LogP contribution in [0.25, 0.3) is 0 Å². The van der Waals surface area contributed by atoms with Crippen LogP contribution in [0.15, 0.2) is 18.2 Å². The highest BCUT2D eigenvalue weighted by Gasteiger charge is 2.18. The molecule has 1 atom stereocenters. The third kappa shape index (κ3) is 3.02. The first-order valence-corrected chi connectivity index (χ1v) is 7.79. The lowest BCUT2D eigenvalue weighted by molar-refractivity contribution is 0.249. The molecule has 6 heteroatoms. The lowest BCUT2D eigenvalue weighted by Crippen LogP contribution is -2.31. The number of carbonyl (C=O) groups is 1. The second-order valence-corrected chi connectivity index (χ2v) is 5.95. The fourth-order valence-corrected chi connectivity index (χ4v) is 3.12. The molecule has 0 spiro atoms. The molecule has 1 aromatic heterocycles. The van der Waals surface area contributed by atoms with E-state index in [9.17, 15) is 4.79 Å². The summed E-state index contributed by atoms with van der Waals surface area (Å²) in [5.74, 6) is 0.908. The van der Waals surface area contributed by atoms with Crippen molar-refractivity contribution in [1.82, 2.24) is 15.1 Å². The molecule has 2 amide bonds. The maximum absolute atomic E-state index is 12.2. The molecule has 3 rings (SSSR count). The van der Waals surface area contributed by atoms with E-state index in [4.69, 9.17) is 4.74 Å². The number of benzene rings is 1. The highest BCUT2D eigenvalue weighted by Crippen LogP contribution is 2.28. The van der Waals surface area contributed by atoms with Crippen LogP contribution in [0.5, 0.6) is 5.75 Å². The highest BCUT2D eigenvalue weighted by molar-refractivity contribution is 5.89. The number of hydrogen-bond acceptors (Lipinski definition) is 3. The zero-order chi connectivity index (χ0) is 16.6. The Hall–Kier alpha value is -2.50. The SMILES string of the molecule is Cc1nn(C)c(C)c1[C@H](C)NC(=O)Nc1ccc2c(c1)CCO2. The van der Waals surface area contributed by atoms with E-state index in [1.54, 1.807) is 0 Å². The maximum atomic E-state index is 12.2. The van der Waals surface area contributed by atoms with Gasteiger partial charge in [0.25, 0.3) is 0 Å². The predicted octanol–water partition coefficient (Wildman–Crippen LogP) is 2.85. The zero-order valence-corrected chi connectivity index (χ0v) is 13.9. The molecule has 0 saturated heterocycles. The van der Waals surface area contributed by atoms with Crippen LogP contribution in [0.1, 0.15) is 35.5 Å². The minimum atomic E-state index is -0.223. The van der Waals surface area contributed by atoms with Crippen molar-refractivity contribution in [3.8, 4) is 5.75 Å². The number of rotatable bonds is 3. The van der Waals surface area contributed by atoms with Crippen molar-refractivity contribution < 1.29 is 9.53 Å². The molecule has 0 bridgehead atoms. The van der Waals surface area contributed by atoms with Gasteiger partial charge in [0.05, 0.1) is 18.3 Å². The van der Waals surface area contributed by atoms with Gasteiger partial charge in [-0.15, -0.1) is 0 Å². The number of nitrogens with zero attached hydrogens (tertiary/aromatic N) is 2. The van der Waals surface area contributed by atoms with E-state index in [1.807, 2.05) is 50.7 Å². The number of amides is 2. The fourth-order valence-electron chi connectivity index (χ4n) is 3.12. The third-order valence-corrected chi connectivity index (χ3v) is 4.29. The summed E-state index contributed by atoms with van der Waals surface area (Å²) in [5, 5.41) is 10.3. The van der Waals surface area contributed by atoms with Gasteiger partial charge in [0.15, 0.2) is 0 Å². The number of ether oxygens (including phenoxy) is 1. The molecular formula is C17H22N4O2. The Labute approximate surface area is 135 Å². The van der Waals surface area contributed by atoms with Crippen molar-refractivity contribution >= 4 is 11.7 Å². The summed E-state index contributed by atoms with van der Waals surface area (Å²) in [5.41, 5.74) is 4.97. The number of urea groups is 1. The Balaban J connectivity index is 1.67. The summed E-state index contributed by atoms with van der Waals surface area (Å²) in [7, 11) is 1.91. The number of aromatic nitrogens is 2. The molecule has 1 aliphatic heterocycles. The van der Waals surface area contributed by atoms with Crippen LogP contribution in [0.4, 0.5) is 10.5 Å². The van der Waals surface area contributed by atoms with Crippen LogP contribution in [-0.2, 0) is 13.5 Å².